The number of morpholine rings is 1. The maximum absolute atomic E-state index is 13.0. The van der Waals surface area contributed by atoms with E-state index in [0.717, 1.165) is 31.5 Å². The van der Waals surface area contributed by atoms with Crippen LogP contribution in [0, 0.1) is 5.82 Å². The Morgan fingerprint density at radius 3 is 2.50 bits per heavy atom. The molecule has 2 aliphatic heterocycles. The first-order valence-electron chi connectivity index (χ1n) is 11.1. The van der Waals surface area contributed by atoms with Crippen LogP contribution in [0.2, 0.25) is 0 Å². The number of hydrogen-bond donors (Lipinski definition) is 1. The summed E-state index contributed by atoms with van der Waals surface area (Å²) in [7, 11) is 0. The minimum atomic E-state index is -0.329. The fraction of sp³-hybridized carbons (Fsp3) is 0.478. The highest BCUT2D eigenvalue weighted by Gasteiger charge is 2.24. The summed E-state index contributed by atoms with van der Waals surface area (Å²) in [5, 5.41) is 2.88. The van der Waals surface area contributed by atoms with Gasteiger partial charge < -0.3 is 19.9 Å². The lowest BCUT2D eigenvalue weighted by Crippen LogP contribution is -2.38. The third-order valence-corrected chi connectivity index (χ3v) is 5.73. The van der Waals surface area contributed by atoms with Crippen molar-refractivity contribution in [2.75, 3.05) is 50.8 Å². The predicted molar refractivity (Wildman–Crippen MR) is 117 cm³/mol. The first-order valence-corrected chi connectivity index (χ1v) is 11.1. The van der Waals surface area contributed by atoms with Crippen LogP contribution in [0.4, 0.5) is 10.3 Å². The van der Waals surface area contributed by atoms with Gasteiger partial charge in [0, 0.05) is 45.3 Å². The van der Waals surface area contributed by atoms with Crippen LogP contribution in [-0.2, 0) is 22.4 Å². The third-order valence-electron chi connectivity index (χ3n) is 5.73. The Kier molecular flexibility index (Phi) is 7.26. The second-order valence-corrected chi connectivity index (χ2v) is 8.03. The Balaban J connectivity index is 1.43. The predicted octanol–water partition coefficient (Wildman–Crippen LogP) is 1.59. The Labute approximate surface area is 186 Å². The number of rotatable bonds is 7. The van der Waals surface area contributed by atoms with Gasteiger partial charge in [-0.1, -0.05) is 12.1 Å². The van der Waals surface area contributed by atoms with Crippen molar-refractivity contribution in [2.24, 2.45) is 0 Å². The average molecular weight is 442 g/mol. The van der Waals surface area contributed by atoms with Gasteiger partial charge in [0.15, 0.2) is 0 Å². The molecule has 1 aromatic carbocycles. The Hall–Kier alpha value is -3.07. The van der Waals surface area contributed by atoms with Gasteiger partial charge in [-0.15, -0.1) is 0 Å². The van der Waals surface area contributed by atoms with Gasteiger partial charge in [0.25, 0.3) is 5.91 Å². The van der Waals surface area contributed by atoms with E-state index in [-0.39, 0.29) is 24.1 Å². The third kappa shape index (κ3) is 5.59. The number of halogens is 1. The molecule has 2 aromatic rings. The summed E-state index contributed by atoms with van der Waals surface area (Å²) in [6, 6.07) is 5.88. The molecule has 2 amide bonds. The zero-order chi connectivity index (χ0) is 22.3. The lowest BCUT2D eigenvalue weighted by atomic mass is 10.1. The molecule has 0 radical (unpaired) electrons. The van der Waals surface area contributed by atoms with Gasteiger partial charge in [0.05, 0.1) is 30.9 Å². The fourth-order valence-electron chi connectivity index (χ4n) is 3.95. The molecule has 0 saturated carbocycles. The zero-order valence-electron chi connectivity index (χ0n) is 18.1. The minimum absolute atomic E-state index is 0.0522. The van der Waals surface area contributed by atoms with Gasteiger partial charge in [-0.2, -0.15) is 0 Å². The molecular weight excluding hydrogens is 413 g/mol. The maximum atomic E-state index is 13.0. The largest absolute Gasteiger partial charge is 0.378 e. The van der Waals surface area contributed by atoms with E-state index in [4.69, 9.17) is 9.72 Å². The number of hydrogen-bond acceptors (Lipinski definition) is 6. The highest BCUT2D eigenvalue weighted by atomic mass is 19.1. The molecule has 2 saturated heterocycles. The van der Waals surface area contributed by atoms with Crippen molar-refractivity contribution < 1.29 is 18.7 Å². The fourth-order valence-corrected chi connectivity index (χ4v) is 3.95. The lowest BCUT2D eigenvalue weighted by molar-refractivity contribution is -0.120. The van der Waals surface area contributed by atoms with Crippen LogP contribution in [-0.4, -0.2) is 72.6 Å². The number of aromatic nitrogens is 2. The smallest absolute Gasteiger partial charge is 0.257 e. The van der Waals surface area contributed by atoms with Crippen LogP contribution in [0.1, 0.15) is 34.5 Å². The molecule has 0 bridgehead atoms. The van der Waals surface area contributed by atoms with Crippen molar-refractivity contribution >= 4 is 17.8 Å². The Morgan fingerprint density at radius 1 is 1.06 bits per heavy atom. The van der Waals surface area contributed by atoms with Crippen molar-refractivity contribution in [3.63, 3.8) is 0 Å². The number of carbonyl (C=O) groups is 2. The number of likely N-dealkylation sites (tertiary alicyclic amines) is 1. The SMILES string of the molecule is O=C(Cc1ccc(F)cc1)NCCc1nc(N2CCOCC2)ncc1C(=O)N1CCCC1. The standard InChI is InChI=1S/C23H28FN5O3/c24-18-5-3-17(4-6-18)15-21(30)25-8-7-20-19(22(31)28-9-1-2-10-28)16-26-23(27-20)29-11-13-32-14-12-29/h3-6,16H,1-2,7-15H2,(H,25,30). The lowest BCUT2D eigenvalue weighted by Gasteiger charge is -2.27. The number of nitrogens with one attached hydrogen (secondary N) is 1. The van der Waals surface area contributed by atoms with Crippen LogP contribution in [0.5, 0.6) is 0 Å². The zero-order valence-corrected chi connectivity index (χ0v) is 18.1. The topological polar surface area (TPSA) is 87.7 Å². The number of benzene rings is 1. The van der Waals surface area contributed by atoms with E-state index < -0.39 is 0 Å². The number of anilines is 1. The molecule has 0 unspecified atom stereocenters. The summed E-state index contributed by atoms with van der Waals surface area (Å²) in [6.45, 7) is 4.48. The number of amides is 2. The molecule has 2 fully saturated rings. The van der Waals surface area contributed by atoms with Crippen LogP contribution in [0.3, 0.4) is 0 Å². The average Bonchev–Trinajstić information content (AvgIpc) is 3.36. The molecule has 0 spiro atoms. The van der Waals surface area contributed by atoms with Gasteiger partial charge >= 0.3 is 0 Å². The number of nitrogens with zero attached hydrogens (tertiary/aromatic N) is 4. The van der Waals surface area contributed by atoms with Gasteiger partial charge in [-0.05, 0) is 30.5 Å². The van der Waals surface area contributed by atoms with Crippen molar-refractivity contribution in [2.45, 2.75) is 25.7 Å². The molecule has 0 aliphatic carbocycles. The summed E-state index contributed by atoms with van der Waals surface area (Å²) >= 11 is 0. The van der Waals surface area contributed by atoms with Crippen molar-refractivity contribution in [3.8, 4) is 0 Å². The molecule has 32 heavy (non-hydrogen) atoms. The summed E-state index contributed by atoms with van der Waals surface area (Å²) in [5.41, 5.74) is 1.88. The molecule has 0 atom stereocenters. The minimum Gasteiger partial charge on any atom is -0.378 e. The number of ether oxygens (including phenoxy) is 1. The van der Waals surface area contributed by atoms with E-state index in [1.54, 1.807) is 18.3 Å². The maximum Gasteiger partial charge on any atom is 0.257 e. The van der Waals surface area contributed by atoms with E-state index in [9.17, 15) is 14.0 Å². The van der Waals surface area contributed by atoms with Crippen LogP contribution in [0.25, 0.3) is 0 Å². The summed E-state index contributed by atoms with van der Waals surface area (Å²) in [4.78, 5) is 38.3. The van der Waals surface area contributed by atoms with Gasteiger partial charge in [-0.25, -0.2) is 14.4 Å². The monoisotopic (exact) mass is 441 g/mol. The summed E-state index contributed by atoms with van der Waals surface area (Å²) < 4.78 is 18.4. The molecular formula is C23H28FN5O3. The normalized spacial score (nSPS) is 16.3. The highest BCUT2D eigenvalue weighted by Crippen LogP contribution is 2.18. The van der Waals surface area contributed by atoms with E-state index in [0.29, 0.717) is 56.5 Å². The highest BCUT2D eigenvalue weighted by molar-refractivity contribution is 5.95. The molecule has 8 nitrogen and oxygen atoms in total. The van der Waals surface area contributed by atoms with Gasteiger partial charge in [-0.3, -0.25) is 9.59 Å². The van der Waals surface area contributed by atoms with Crippen LogP contribution >= 0.6 is 0 Å². The van der Waals surface area contributed by atoms with E-state index in [2.05, 4.69) is 10.3 Å². The quantitative estimate of drug-likeness (QED) is 0.702. The Bertz CT molecular complexity index is 941. The van der Waals surface area contributed by atoms with Crippen molar-refractivity contribution in [3.05, 3.63) is 53.1 Å². The molecule has 1 aromatic heterocycles. The van der Waals surface area contributed by atoms with Gasteiger partial charge in [0.1, 0.15) is 5.82 Å². The summed E-state index contributed by atoms with van der Waals surface area (Å²) in [5.74, 6) is 0.0401. The van der Waals surface area contributed by atoms with Gasteiger partial charge in [0.2, 0.25) is 11.9 Å². The number of carbonyl (C=O) groups excluding carboxylic acids is 2. The first kappa shape index (κ1) is 22.1. The second kappa shape index (κ2) is 10.5. The molecule has 4 rings (SSSR count). The van der Waals surface area contributed by atoms with E-state index >= 15 is 0 Å². The second-order valence-electron chi connectivity index (χ2n) is 8.03. The van der Waals surface area contributed by atoms with Crippen LogP contribution in [0.15, 0.2) is 30.5 Å². The first-order chi connectivity index (χ1) is 15.6. The molecule has 3 heterocycles. The Morgan fingerprint density at radius 2 is 1.78 bits per heavy atom. The molecule has 2 aliphatic rings. The van der Waals surface area contributed by atoms with E-state index in [1.807, 2.05) is 9.80 Å². The molecule has 1 N–H and O–H groups in total. The van der Waals surface area contributed by atoms with Crippen molar-refractivity contribution in [1.82, 2.24) is 20.2 Å². The van der Waals surface area contributed by atoms with Crippen LogP contribution < -0.4 is 10.2 Å². The summed E-state index contributed by atoms with van der Waals surface area (Å²) in [6.07, 6.45) is 4.22. The molecule has 170 valence electrons. The van der Waals surface area contributed by atoms with Crippen molar-refractivity contribution in [1.29, 1.82) is 0 Å². The van der Waals surface area contributed by atoms with E-state index in [1.165, 1.54) is 12.1 Å². The molecule has 9 heteroatoms.